The van der Waals surface area contributed by atoms with E-state index in [-0.39, 0.29) is 29.7 Å². The summed E-state index contributed by atoms with van der Waals surface area (Å²) in [6.45, 7) is 5.29. The fourth-order valence-electron chi connectivity index (χ4n) is 4.12. The molecule has 0 amide bonds. The van der Waals surface area contributed by atoms with E-state index in [0.717, 1.165) is 19.7 Å². The molecule has 8 heteroatoms. The Labute approximate surface area is 180 Å². The van der Waals surface area contributed by atoms with E-state index in [1.54, 1.807) is 18.4 Å². The topological polar surface area (TPSA) is 48.9 Å². The maximum Gasteiger partial charge on any atom is 0.191 e. The zero-order valence-corrected chi connectivity index (χ0v) is 18.1. The Morgan fingerprint density at radius 2 is 2.10 bits per heavy atom. The second-order valence-electron chi connectivity index (χ2n) is 7.89. The van der Waals surface area contributed by atoms with Crippen molar-refractivity contribution in [3.63, 3.8) is 0 Å². The highest BCUT2D eigenvalue weighted by atomic mass is 32.1. The van der Waals surface area contributed by atoms with Gasteiger partial charge in [-0.3, -0.25) is 9.89 Å². The van der Waals surface area contributed by atoms with Gasteiger partial charge in [-0.2, -0.15) is 0 Å². The second-order valence-corrected chi connectivity index (χ2v) is 8.87. The summed E-state index contributed by atoms with van der Waals surface area (Å²) in [4.78, 5) is 8.06. The summed E-state index contributed by atoms with van der Waals surface area (Å²) in [6.07, 6.45) is 0.898. The van der Waals surface area contributed by atoms with Crippen molar-refractivity contribution in [2.45, 2.75) is 37.5 Å². The van der Waals surface area contributed by atoms with Crippen molar-refractivity contribution in [3.8, 4) is 0 Å². The maximum atomic E-state index is 14.1. The smallest absolute Gasteiger partial charge is 0.191 e. The standard InChI is InChI=1S/C22H28F2N4OS/c1-14-13-28(8-9-29-14)19(20-7-4-10-30-20)12-26-22(25-2)27-18-11-15(18)21-16(23)5-3-6-17(21)24/h3-7,10,14-15,18-19H,8-9,11-13H2,1-2H3,(H2,25,26,27). The molecule has 162 valence electrons. The van der Waals surface area contributed by atoms with Gasteiger partial charge in [0.15, 0.2) is 5.96 Å². The zero-order chi connectivity index (χ0) is 21.1. The monoisotopic (exact) mass is 434 g/mol. The molecule has 1 aliphatic heterocycles. The molecule has 1 saturated carbocycles. The van der Waals surface area contributed by atoms with Gasteiger partial charge in [-0.1, -0.05) is 12.1 Å². The summed E-state index contributed by atoms with van der Waals surface area (Å²) in [5.41, 5.74) is 0.171. The number of thiophene rings is 1. The van der Waals surface area contributed by atoms with Gasteiger partial charge in [0.2, 0.25) is 0 Å². The second kappa shape index (κ2) is 9.41. The van der Waals surface area contributed by atoms with Crippen LogP contribution >= 0.6 is 11.3 Å². The Bertz CT molecular complexity index is 856. The van der Waals surface area contributed by atoms with E-state index in [9.17, 15) is 8.78 Å². The van der Waals surface area contributed by atoms with Gasteiger partial charge in [0.05, 0.1) is 18.8 Å². The Morgan fingerprint density at radius 3 is 2.77 bits per heavy atom. The highest BCUT2D eigenvalue weighted by molar-refractivity contribution is 7.10. The Hall–Kier alpha value is -2.03. The molecule has 0 spiro atoms. The first-order valence-corrected chi connectivity index (χ1v) is 11.2. The van der Waals surface area contributed by atoms with Crippen LogP contribution in [0.15, 0.2) is 40.7 Å². The van der Waals surface area contributed by atoms with Crippen molar-refractivity contribution in [1.82, 2.24) is 15.5 Å². The molecule has 5 nitrogen and oxygen atoms in total. The number of morpholine rings is 1. The van der Waals surface area contributed by atoms with Crippen LogP contribution in [0.4, 0.5) is 8.78 Å². The SMILES string of the molecule is CN=C(NCC(c1cccs1)N1CCOC(C)C1)NC1CC1c1c(F)cccc1F. The van der Waals surface area contributed by atoms with Crippen molar-refractivity contribution < 1.29 is 13.5 Å². The first-order valence-electron chi connectivity index (χ1n) is 10.4. The van der Waals surface area contributed by atoms with E-state index >= 15 is 0 Å². The number of hydrogen-bond acceptors (Lipinski definition) is 4. The number of halogens is 2. The number of benzene rings is 1. The van der Waals surface area contributed by atoms with Crippen molar-refractivity contribution in [2.24, 2.45) is 4.99 Å². The molecule has 2 N–H and O–H groups in total. The molecular formula is C22H28F2N4OS. The van der Waals surface area contributed by atoms with E-state index in [0.29, 0.717) is 18.9 Å². The molecule has 0 radical (unpaired) electrons. The van der Waals surface area contributed by atoms with E-state index < -0.39 is 11.6 Å². The van der Waals surface area contributed by atoms with Crippen LogP contribution in [0.1, 0.15) is 35.7 Å². The number of nitrogens with zero attached hydrogens (tertiary/aromatic N) is 2. The lowest BCUT2D eigenvalue weighted by atomic mass is 10.1. The van der Waals surface area contributed by atoms with Crippen LogP contribution in [-0.4, -0.2) is 56.3 Å². The first kappa shape index (κ1) is 21.2. The molecule has 2 aliphatic rings. The summed E-state index contributed by atoms with van der Waals surface area (Å²) >= 11 is 1.75. The van der Waals surface area contributed by atoms with Crippen molar-refractivity contribution >= 4 is 17.3 Å². The fraction of sp³-hybridized carbons (Fsp3) is 0.500. The Kier molecular flexibility index (Phi) is 6.65. The molecule has 1 aliphatic carbocycles. The minimum absolute atomic E-state index is 0.0220. The molecule has 1 saturated heterocycles. The summed E-state index contributed by atoms with van der Waals surface area (Å²) < 4.78 is 33.8. The van der Waals surface area contributed by atoms with Crippen LogP contribution in [-0.2, 0) is 4.74 Å². The molecule has 4 rings (SSSR count). The predicted octanol–water partition coefficient (Wildman–Crippen LogP) is 3.51. The fourth-order valence-corrected chi connectivity index (χ4v) is 4.98. The number of aliphatic imine (C=N–C) groups is 1. The first-order chi connectivity index (χ1) is 14.6. The Balaban J connectivity index is 1.37. The molecular weight excluding hydrogens is 406 g/mol. The third-order valence-corrected chi connectivity index (χ3v) is 6.73. The minimum atomic E-state index is -0.480. The summed E-state index contributed by atoms with van der Waals surface area (Å²) in [5.74, 6) is -0.474. The molecule has 30 heavy (non-hydrogen) atoms. The summed E-state index contributed by atoms with van der Waals surface area (Å²) in [6, 6.07) is 8.45. The lowest BCUT2D eigenvalue weighted by Gasteiger charge is -2.37. The Morgan fingerprint density at radius 1 is 1.30 bits per heavy atom. The van der Waals surface area contributed by atoms with Gasteiger partial charge >= 0.3 is 0 Å². The summed E-state index contributed by atoms with van der Waals surface area (Å²) in [7, 11) is 1.72. The average molecular weight is 435 g/mol. The van der Waals surface area contributed by atoms with Crippen molar-refractivity contribution in [2.75, 3.05) is 33.3 Å². The molecule has 1 aromatic carbocycles. The van der Waals surface area contributed by atoms with Crippen molar-refractivity contribution in [3.05, 3.63) is 57.8 Å². The van der Waals surface area contributed by atoms with Gasteiger partial charge in [-0.05, 0) is 36.9 Å². The average Bonchev–Trinajstić information content (AvgIpc) is 3.25. The number of hydrogen-bond donors (Lipinski definition) is 2. The minimum Gasteiger partial charge on any atom is -0.376 e. The lowest BCUT2D eigenvalue weighted by molar-refractivity contribution is -0.0334. The van der Waals surface area contributed by atoms with E-state index in [2.05, 4.69) is 45.0 Å². The third-order valence-electron chi connectivity index (χ3n) is 5.75. The van der Waals surface area contributed by atoms with E-state index in [1.165, 1.54) is 23.1 Å². The van der Waals surface area contributed by atoms with E-state index in [1.807, 2.05) is 0 Å². The quantitative estimate of drug-likeness (QED) is 0.540. The van der Waals surface area contributed by atoms with Crippen LogP contribution in [0.2, 0.25) is 0 Å². The number of rotatable bonds is 6. The van der Waals surface area contributed by atoms with Crippen LogP contribution < -0.4 is 10.6 Å². The molecule has 2 heterocycles. The van der Waals surface area contributed by atoms with Crippen molar-refractivity contribution in [1.29, 1.82) is 0 Å². The normalized spacial score (nSPS) is 25.7. The lowest BCUT2D eigenvalue weighted by Crippen LogP contribution is -2.48. The van der Waals surface area contributed by atoms with Gasteiger partial charge in [0.25, 0.3) is 0 Å². The van der Waals surface area contributed by atoms with Gasteiger partial charge in [-0.15, -0.1) is 11.3 Å². The van der Waals surface area contributed by atoms with Crippen LogP contribution in [0, 0.1) is 11.6 Å². The van der Waals surface area contributed by atoms with E-state index in [4.69, 9.17) is 4.74 Å². The number of guanidine groups is 1. The third kappa shape index (κ3) is 4.82. The number of nitrogens with one attached hydrogen (secondary N) is 2. The molecule has 0 bridgehead atoms. The largest absolute Gasteiger partial charge is 0.376 e. The molecule has 1 aromatic heterocycles. The highest BCUT2D eigenvalue weighted by Gasteiger charge is 2.42. The molecule has 4 unspecified atom stereocenters. The van der Waals surface area contributed by atoms with Crippen LogP contribution in [0.3, 0.4) is 0 Å². The number of ether oxygens (including phenoxy) is 1. The van der Waals surface area contributed by atoms with Crippen LogP contribution in [0.25, 0.3) is 0 Å². The highest BCUT2D eigenvalue weighted by Crippen LogP contribution is 2.43. The molecule has 4 atom stereocenters. The maximum absolute atomic E-state index is 14.1. The predicted molar refractivity (Wildman–Crippen MR) is 116 cm³/mol. The molecule has 2 aromatic rings. The van der Waals surface area contributed by atoms with Gasteiger partial charge in [-0.25, -0.2) is 8.78 Å². The summed E-state index contributed by atoms with van der Waals surface area (Å²) in [5, 5.41) is 8.83. The van der Waals surface area contributed by atoms with Crippen LogP contribution in [0.5, 0.6) is 0 Å². The van der Waals surface area contributed by atoms with Gasteiger partial charge in [0, 0.05) is 49.1 Å². The zero-order valence-electron chi connectivity index (χ0n) is 17.3. The van der Waals surface area contributed by atoms with Gasteiger partial charge < -0.3 is 15.4 Å². The molecule has 2 fully saturated rings. The van der Waals surface area contributed by atoms with Gasteiger partial charge in [0.1, 0.15) is 11.6 Å².